The van der Waals surface area contributed by atoms with E-state index in [1.54, 1.807) is 11.8 Å². The standard InChI is InChI=1S/C17H21F3N2O2/c1-11(12-5-7-13(8-6-12)17(18,19)20)10-15(23)22-9-3-4-14(22)16(24)21-2/h5-8,11,14H,3-4,9-10H2,1-2H3,(H,21,24)/t11-,14+/m0/s1. The van der Waals surface area contributed by atoms with E-state index < -0.39 is 17.8 Å². The predicted octanol–water partition coefficient (Wildman–Crippen LogP) is 2.94. The third-order valence-corrected chi connectivity index (χ3v) is 4.41. The molecule has 0 radical (unpaired) electrons. The number of nitrogens with zero attached hydrogens (tertiary/aromatic N) is 1. The summed E-state index contributed by atoms with van der Waals surface area (Å²) in [6.07, 6.45) is -2.79. The lowest BCUT2D eigenvalue weighted by atomic mass is 9.96. The van der Waals surface area contributed by atoms with Crippen LogP contribution in [0.15, 0.2) is 24.3 Å². The van der Waals surface area contributed by atoms with Gasteiger partial charge in [-0.2, -0.15) is 13.2 Å². The zero-order chi connectivity index (χ0) is 17.9. The van der Waals surface area contributed by atoms with Crippen molar-refractivity contribution in [3.05, 3.63) is 35.4 Å². The van der Waals surface area contributed by atoms with Crippen molar-refractivity contribution in [3.8, 4) is 0 Å². The van der Waals surface area contributed by atoms with E-state index in [1.165, 1.54) is 19.2 Å². The third-order valence-electron chi connectivity index (χ3n) is 4.41. The summed E-state index contributed by atoms with van der Waals surface area (Å²) in [5.41, 5.74) is -0.0314. The average molecular weight is 342 g/mol. The first-order valence-corrected chi connectivity index (χ1v) is 7.92. The fourth-order valence-corrected chi connectivity index (χ4v) is 3.00. The number of rotatable bonds is 4. The van der Waals surface area contributed by atoms with E-state index in [-0.39, 0.29) is 24.2 Å². The summed E-state index contributed by atoms with van der Waals surface area (Å²) in [5.74, 6) is -0.540. The van der Waals surface area contributed by atoms with Crippen LogP contribution in [0.2, 0.25) is 0 Å². The number of halogens is 3. The molecule has 1 aromatic carbocycles. The molecular formula is C17H21F3N2O2. The van der Waals surface area contributed by atoms with Crippen molar-refractivity contribution in [2.45, 2.75) is 44.3 Å². The maximum atomic E-state index is 12.6. The normalized spacial score (nSPS) is 19.2. The van der Waals surface area contributed by atoms with Gasteiger partial charge in [-0.3, -0.25) is 9.59 Å². The topological polar surface area (TPSA) is 49.4 Å². The van der Waals surface area contributed by atoms with Gasteiger partial charge in [-0.1, -0.05) is 19.1 Å². The van der Waals surface area contributed by atoms with E-state index in [2.05, 4.69) is 5.32 Å². The third kappa shape index (κ3) is 4.07. The Kier molecular flexibility index (Phi) is 5.51. The summed E-state index contributed by atoms with van der Waals surface area (Å²) in [4.78, 5) is 25.8. The number of nitrogens with one attached hydrogen (secondary N) is 1. The molecule has 1 N–H and O–H groups in total. The molecule has 2 atom stereocenters. The van der Waals surface area contributed by atoms with Crippen molar-refractivity contribution in [3.63, 3.8) is 0 Å². The van der Waals surface area contributed by atoms with Crippen molar-refractivity contribution in [1.29, 1.82) is 0 Å². The van der Waals surface area contributed by atoms with E-state index in [1.807, 2.05) is 0 Å². The SMILES string of the molecule is CNC(=O)[C@H]1CCCN1C(=O)C[C@H](C)c1ccc(C(F)(F)F)cc1. The van der Waals surface area contributed by atoms with Crippen LogP contribution in [-0.2, 0) is 15.8 Å². The molecule has 1 aliphatic heterocycles. The number of hydrogen-bond donors (Lipinski definition) is 1. The van der Waals surface area contributed by atoms with Gasteiger partial charge in [0.2, 0.25) is 11.8 Å². The molecule has 0 spiro atoms. The van der Waals surface area contributed by atoms with Crippen LogP contribution in [0.4, 0.5) is 13.2 Å². The molecule has 1 fully saturated rings. The average Bonchev–Trinajstić information content (AvgIpc) is 3.03. The highest BCUT2D eigenvalue weighted by Gasteiger charge is 2.34. The quantitative estimate of drug-likeness (QED) is 0.915. The summed E-state index contributed by atoms with van der Waals surface area (Å²) >= 11 is 0. The van der Waals surface area contributed by atoms with Crippen LogP contribution in [0.1, 0.15) is 43.2 Å². The Labute approximate surface area is 139 Å². The zero-order valence-corrected chi connectivity index (χ0v) is 13.7. The van der Waals surface area contributed by atoms with E-state index in [9.17, 15) is 22.8 Å². The number of alkyl halides is 3. The minimum absolute atomic E-state index is 0.145. The van der Waals surface area contributed by atoms with Gasteiger partial charge in [-0.15, -0.1) is 0 Å². The van der Waals surface area contributed by atoms with Crippen LogP contribution in [0.3, 0.4) is 0 Å². The molecule has 1 saturated heterocycles. The number of carbonyl (C=O) groups is 2. The van der Waals surface area contributed by atoms with Gasteiger partial charge in [0.1, 0.15) is 6.04 Å². The lowest BCUT2D eigenvalue weighted by Gasteiger charge is -2.25. The van der Waals surface area contributed by atoms with Gasteiger partial charge in [0.25, 0.3) is 0 Å². The fraction of sp³-hybridized carbons (Fsp3) is 0.529. The van der Waals surface area contributed by atoms with Gasteiger partial charge >= 0.3 is 6.18 Å². The Bertz CT molecular complexity index is 599. The highest BCUT2D eigenvalue weighted by atomic mass is 19.4. The van der Waals surface area contributed by atoms with Crippen molar-refractivity contribution < 1.29 is 22.8 Å². The number of likely N-dealkylation sites (tertiary alicyclic amines) is 1. The minimum Gasteiger partial charge on any atom is -0.357 e. The first kappa shape index (κ1) is 18.3. The van der Waals surface area contributed by atoms with Crippen molar-refractivity contribution in [1.82, 2.24) is 10.2 Å². The summed E-state index contributed by atoms with van der Waals surface area (Å²) in [7, 11) is 1.54. The molecule has 2 amide bonds. The van der Waals surface area contributed by atoms with Crippen LogP contribution in [0, 0.1) is 0 Å². The maximum Gasteiger partial charge on any atom is 0.416 e. The number of carbonyl (C=O) groups excluding carboxylic acids is 2. The van der Waals surface area contributed by atoms with Gasteiger partial charge in [0, 0.05) is 20.0 Å². The fourth-order valence-electron chi connectivity index (χ4n) is 3.00. The second kappa shape index (κ2) is 7.23. The Hall–Kier alpha value is -2.05. The molecule has 0 aliphatic carbocycles. The first-order chi connectivity index (χ1) is 11.2. The summed E-state index contributed by atoms with van der Waals surface area (Å²) in [6.45, 7) is 2.34. The molecule has 1 heterocycles. The molecule has 7 heteroatoms. The molecule has 4 nitrogen and oxygen atoms in total. The van der Waals surface area contributed by atoms with Crippen LogP contribution in [0.5, 0.6) is 0 Å². The number of amides is 2. The monoisotopic (exact) mass is 342 g/mol. The molecule has 1 aromatic rings. The minimum atomic E-state index is -4.37. The van der Waals surface area contributed by atoms with E-state index in [0.29, 0.717) is 18.5 Å². The maximum absolute atomic E-state index is 12.6. The second-order valence-electron chi connectivity index (χ2n) is 6.08. The smallest absolute Gasteiger partial charge is 0.357 e. The largest absolute Gasteiger partial charge is 0.416 e. The molecule has 132 valence electrons. The zero-order valence-electron chi connectivity index (χ0n) is 13.7. The van der Waals surface area contributed by atoms with Gasteiger partial charge in [0.15, 0.2) is 0 Å². The Morgan fingerprint density at radius 2 is 1.92 bits per heavy atom. The number of benzene rings is 1. The first-order valence-electron chi connectivity index (χ1n) is 7.92. The molecule has 0 aromatic heterocycles. The molecule has 0 bridgehead atoms. The molecular weight excluding hydrogens is 321 g/mol. The highest BCUT2D eigenvalue weighted by molar-refractivity contribution is 5.88. The van der Waals surface area contributed by atoms with Gasteiger partial charge < -0.3 is 10.2 Å². The van der Waals surface area contributed by atoms with Crippen molar-refractivity contribution >= 4 is 11.8 Å². The van der Waals surface area contributed by atoms with Gasteiger partial charge in [-0.05, 0) is 36.5 Å². The summed E-state index contributed by atoms with van der Waals surface area (Å²) < 4.78 is 37.8. The summed E-state index contributed by atoms with van der Waals surface area (Å²) in [5, 5.41) is 2.56. The predicted molar refractivity (Wildman–Crippen MR) is 83.3 cm³/mol. The molecule has 0 saturated carbocycles. The number of likely N-dealkylation sites (N-methyl/N-ethyl adjacent to an activating group) is 1. The highest BCUT2D eigenvalue weighted by Crippen LogP contribution is 2.31. The molecule has 2 rings (SSSR count). The second-order valence-corrected chi connectivity index (χ2v) is 6.08. The van der Waals surface area contributed by atoms with E-state index in [4.69, 9.17) is 0 Å². The van der Waals surface area contributed by atoms with Crippen molar-refractivity contribution in [2.75, 3.05) is 13.6 Å². The lowest BCUT2D eigenvalue weighted by Crippen LogP contribution is -2.45. The molecule has 24 heavy (non-hydrogen) atoms. The van der Waals surface area contributed by atoms with Crippen LogP contribution >= 0.6 is 0 Å². The van der Waals surface area contributed by atoms with Crippen LogP contribution < -0.4 is 5.32 Å². The van der Waals surface area contributed by atoms with Gasteiger partial charge in [0.05, 0.1) is 5.56 Å². The lowest BCUT2D eigenvalue weighted by molar-refractivity contribution is -0.138. The Balaban J connectivity index is 2.02. The van der Waals surface area contributed by atoms with Gasteiger partial charge in [-0.25, -0.2) is 0 Å². The van der Waals surface area contributed by atoms with E-state index >= 15 is 0 Å². The molecule has 1 aliphatic rings. The van der Waals surface area contributed by atoms with Crippen LogP contribution in [-0.4, -0.2) is 36.3 Å². The Morgan fingerprint density at radius 3 is 2.46 bits per heavy atom. The molecule has 0 unspecified atom stereocenters. The Morgan fingerprint density at radius 1 is 1.29 bits per heavy atom. The van der Waals surface area contributed by atoms with Crippen LogP contribution in [0.25, 0.3) is 0 Å². The summed E-state index contributed by atoms with van der Waals surface area (Å²) in [6, 6.07) is 4.42. The van der Waals surface area contributed by atoms with E-state index in [0.717, 1.165) is 18.6 Å². The number of hydrogen-bond acceptors (Lipinski definition) is 2. The van der Waals surface area contributed by atoms with Crippen molar-refractivity contribution in [2.24, 2.45) is 0 Å².